The van der Waals surface area contributed by atoms with Crippen molar-refractivity contribution in [1.82, 2.24) is 24.5 Å². The van der Waals surface area contributed by atoms with E-state index in [1.165, 1.54) is 36.2 Å². The molecular formula is C20H25N7O2S2. The van der Waals surface area contributed by atoms with Gasteiger partial charge in [-0.05, 0) is 31.0 Å². The van der Waals surface area contributed by atoms with Gasteiger partial charge in [-0.1, -0.05) is 24.2 Å². The Bertz CT molecular complexity index is 1180. The predicted molar refractivity (Wildman–Crippen MR) is 123 cm³/mol. The molecule has 0 unspecified atom stereocenters. The van der Waals surface area contributed by atoms with Crippen molar-refractivity contribution in [3.63, 3.8) is 0 Å². The van der Waals surface area contributed by atoms with Gasteiger partial charge in [0.2, 0.25) is 15.2 Å². The van der Waals surface area contributed by atoms with Crippen molar-refractivity contribution in [3.05, 3.63) is 29.4 Å². The Kier molecular flexibility index (Phi) is 5.49. The SMILES string of the molecule is CS(=O)(=O)N1CCN(c2cnc3ccc(Nc4nnc(C5CCCC5)s4)nc3c2)CC1. The molecule has 0 aromatic carbocycles. The average Bonchev–Trinajstić information content (AvgIpc) is 3.45. The molecule has 5 rings (SSSR count). The highest BCUT2D eigenvalue weighted by molar-refractivity contribution is 7.88. The van der Waals surface area contributed by atoms with E-state index >= 15 is 0 Å². The molecule has 0 radical (unpaired) electrons. The Hall–Kier alpha value is -2.37. The summed E-state index contributed by atoms with van der Waals surface area (Å²) in [5, 5.41) is 13.8. The van der Waals surface area contributed by atoms with E-state index < -0.39 is 10.0 Å². The molecule has 1 saturated carbocycles. The lowest BCUT2D eigenvalue weighted by Crippen LogP contribution is -2.48. The lowest BCUT2D eigenvalue weighted by atomic mass is 10.1. The van der Waals surface area contributed by atoms with Crippen LogP contribution in [-0.4, -0.2) is 65.3 Å². The average molecular weight is 460 g/mol. The van der Waals surface area contributed by atoms with E-state index in [-0.39, 0.29) is 0 Å². The number of aromatic nitrogens is 4. The third kappa shape index (κ3) is 4.48. The number of hydrogen-bond acceptors (Lipinski definition) is 9. The van der Waals surface area contributed by atoms with Gasteiger partial charge in [0, 0.05) is 32.1 Å². The number of nitrogens with one attached hydrogen (secondary N) is 1. The van der Waals surface area contributed by atoms with Crippen molar-refractivity contribution in [2.24, 2.45) is 0 Å². The first kappa shape index (κ1) is 20.5. The fourth-order valence-electron chi connectivity index (χ4n) is 4.25. The van der Waals surface area contributed by atoms with Crippen LogP contribution in [0, 0.1) is 0 Å². The minimum atomic E-state index is -3.15. The van der Waals surface area contributed by atoms with Crippen LogP contribution >= 0.6 is 11.3 Å². The van der Waals surface area contributed by atoms with E-state index in [0.717, 1.165) is 26.9 Å². The lowest BCUT2D eigenvalue weighted by Gasteiger charge is -2.34. The van der Waals surface area contributed by atoms with Gasteiger partial charge in [0.25, 0.3) is 0 Å². The quantitative estimate of drug-likeness (QED) is 0.621. The zero-order valence-corrected chi connectivity index (χ0v) is 19.0. The van der Waals surface area contributed by atoms with Gasteiger partial charge < -0.3 is 10.2 Å². The number of pyridine rings is 2. The standard InChI is InChI=1S/C20H25N7O2S2/c1-31(28,29)27-10-8-26(9-11-27)15-12-17-16(21-13-15)6-7-18(22-17)23-20-25-24-19(30-20)14-4-2-3-5-14/h6-7,12-14H,2-5,8-11H2,1H3,(H,22,23,25). The molecule has 9 nitrogen and oxygen atoms in total. The summed E-state index contributed by atoms with van der Waals surface area (Å²) in [4.78, 5) is 11.4. The second-order valence-electron chi connectivity index (χ2n) is 8.13. The van der Waals surface area contributed by atoms with Crippen LogP contribution in [0.1, 0.15) is 36.6 Å². The largest absolute Gasteiger partial charge is 0.368 e. The fourth-order valence-corrected chi connectivity index (χ4v) is 5.99. The second-order valence-corrected chi connectivity index (χ2v) is 11.1. The normalized spacial score (nSPS) is 18.7. The summed E-state index contributed by atoms with van der Waals surface area (Å²) >= 11 is 1.61. The molecule has 164 valence electrons. The zero-order chi connectivity index (χ0) is 21.4. The van der Waals surface area contributed by atoms with E-state index in [9.17, 15) is 8.42 Å². The molecular weight excluding hydrogens is 434 g/mol. The Morgan fingerprint density at radius 1 is 1.06 bits per heavy atom. The molecule has 1 aliphatic carbocycles. The molecule has 0 bridgehead atoms. The molecule has 3 aromatic rings. The third-order valence-corrected chi connectivity index (χ3v) is 8.28. The first-order chi connectivity index (χ1) is 15.0. The Morgan fingerprint density at radius 3 is 2.58 bits per heavy atom. The van der Waals surface area contributed by atoms with Crippen molar-refractivity contribution in [2.75, 3.05) is 42.7 Å². The van der Waals surface area contributed by atoms with Crippen LogP contribution < -0.4 is 10.2 Å². The van der Waals surface area contributed by atoms with Crippen molar-refractivity contribution >= 4 is 49.0 Å². The molecule has 1 saturated heterocycles. The highest BCUT2D eigenvalue weighted by Gasteiger charge is 2.24. The van der Waals surface area contributed by atoms with E-state index in [4.69, 9.17) is 4.98 Å². The van der Waals surface area contributed by atoms with E-state index in [0.29, 0.717) is 37.9 Å². The molecule has 0 atom stereocenters. The van der Waals surface area contributed by atoms with Crippen molar-refractivity contribution in [2.45, 2.75) is 31.6 Å². The Labute approximate surface area is 185 Å². The smallest absolute Gasteiger partial charge is 0.211 e. The maximum absolute atomic E-state index is 11.7. The molecule has 4 heterocycles. The van der Waals surface area contributed by atoms with Gasteiger partial charge in [0.05, 0.1) is 29.2 Å². The monoisotopic (exact) mass is 459 g/mol. The summed E-state index contributed by atoms with van der Waals surface area (Å²) in [6, 6.07) is 5.85. The maximum Gasteiger partial charge on any atom is 0.211 e. The molecule has 1 aliphatic heterocycles. The topological polar surface area (TPSA) is 104 Å². The van der Waals surface area contributed by atoms with Crippen molar-refractivity contribution in [1.29, 1.82) is 0 Å². The van der Waals surface area contributed by atoms with E-state index in [1.54, 1.807) is 11.3 Å². The summed E-state index contributed by atoms with van der Waals surface area (Å²) in [7, 11) is -3.15. The van der Waals surface area contributed by atoms with Gasteiger partial charge in [-0.25, -0.2) is 13.4 Å². The number of nitrogens with zero attached hydrogens (tertiary/aromatic N) is 6. The molecule has 2 aliphatic rings. The first-order valence-electron chi connectivity index (χ1n) is 10.5. The van der Waals surface area contributed by atoms with Crippen LogP contribution in [-0.2, 0) is 10.0 Å². The highest BCUT2D eigenvalue weighted by atomic mass is 32.2. The molecule has 31 heavy (non-hydrogen) atoms. The van der Waals surface area contributed by atoms with Gasteiger partial charge in [-0.3, -0.25) is 4.98 Å². The van der Waals surface area contributed by atoms with Crippen LogP contribution in [0.2, 0.25) is 0 Å². The number of rotatable bonds is 5. The summed E-state index contributed by atoms with van der Waals surface area (Å²) in [6.45, 7) is 2.22. The number of anilines is 3. The first-order valence-corrected chi connectivity index (χ1v) is 13.2. The summed E-state index contributed by atoms with van der Waals surface area (Å²) < 4.78 is 25.0. The minimum Gasteiger partial charge on any atom is -0.368 e. The molecule has 2 fully saturated rings. The number of fused-ring (bicyclic) bond motifs is 1. The highest BCUT2D eigenvalue weighted by Crippen LogP contribution is 2.37. The summed E-state index contributed by atoms with van der Waals surface area (Å²) in [5.74, 6) is 1.26. The van der Waals surface area contributed by atoms with Crippen LogP contribution in [0.4, 0.5) is 16.6 Å². The molecule has 3 aromatic heterocycles. The Morgan fingerprint density at radius 2 is 1.84 bits per heavy atom. The summed E-state index contributed by atoms with van der Waals surface area (Å²) in [6.07, 6.45) is 8.04. The van der Waals surface area contributed by atoms with Gasteiger partial charge in [0.1, 0.15) is 10.8 Å². The Balaban J connectivity index is 1.31. The van der Waals surface area contributed by atoms with Gasteiger partial charge >= 0.3 is 0 Å². The number of sulfonamides is 1. The summed E-state index contributed by atoms with van der Waals surface area (Å²) in [5.41, 5.74) is 2.55. The van der Waals surface area contributed by atoms with Gasteiger partial charge in [-0.15, -0.1) is 10.2 Å². The van der Waals surface area contributed by atoms with E-state index in [2.05, 4.69) is 25.4 Å². The van der Waals surface area contributed by atoms with Crippen LogP contribution in [0.3, 0.4) is 0 Å². The third-order valence-electron chi connectivity index (χ3n) is 5.98. The number of piperazine rings is 1. The molecule has 0 amide bonds. The van der Waals surface area contributed by atoms with Crippen LogP contribution in [0.25, 0.3) is 11.0 Å². The molecule has 1 N–H and O–H groups in total. The fraction of sp³-hybridized carbons (Fsp3) is 0.500. The van der Waals surface area contributed by atoms with Crippen molar-refractivity contribution in [3.8, 4) is 0 Å². The van der Waals surface area contributed by atoms with Crippen LogP contribution in [0.5, 0.6) is 0 Å². The van der Waals surface area contributed by atoms with Crippen molar-refractivity contribution < 1.29 is 8.42 Å². The minimum absolute atomic E-state index is 0.478. The van der Waals surface area contributed by atoms with E-state index in [1.807, 2.05) is 24.4 Å². The van der Waals surface area contributed by atoms with Gasteiger partial charge in [-0.2, -0.15) is 4.31 Å². The van der Waals surface area contributed by atoms with Crippen LogP contribution in [0.15, 0.2) is 24.4 Å². The molecule has 11 heteroatoms. The predicted octanol–water partition coefficient (Wildman–Crippen LogP) is 2.96. The maximum atomic E-state index is 11.7. The molecule has 0 spiro atoms. The zero-order valence-electron chi connectivity index (χ0n) is 17.4. The lowest BCUT2D eigenvalue weighted by molar-refractivity contribution is 0.388. The van der Waals surface area contributed by atoms with Gasteiger partial charge in [0.15, 0.2) is 0 Å². The second kappa shape index (κ2) is 8.29. The number of hydrogen-bond donors (Lipinski definition) is 1.